The first kappa shape index (κ1) is 27.8. The molecule has 1 saturated heterocycles. The lowest BCUT2D eigenvalue weighted by Gasteiger charge is -2.53. The standard InChI is InChI=1S/C26H42N4O4/c1-7-11-21(20-14-12-19(5)13-15-20)28-25(33)30-23(32)26(8-2,9-3)24(30)34-18-22(31)29(6)17-16-27-10-4/h12-15,21,24,27H,7-11,16-18H2,1-6H3,(H,28,33). The number of aryl methyl sites for hydroxylation is 1. The number of rotatable bonds is 13. The molecular weight excluding hydrogens is 432 g/mol. The second-order valence-corrected chi connectivity index (χ2v) is 9.07. The van der Waals surface area contributed by atoms with Gasteiger partial charge in [-0.3, -0.25) is 9.59 Å². The van der Waals surface area contributed by atoms with E-state index in [9.17, 15) is 14.4 Å². The van der Waals surface area contributed by atoms with Crippen LogP contribution in [0, 0.1) is 12.3 Å². The van der Waals surface area contributed by atoms with Crippen molar-refractivity contribution >= 4 is 17.8 Å². The van der Waals surface area contributed by atoms with E-state index < -0.39 is 17.7 Å². The number of hydrogen-bond donors (Lipinski definition) is 2. The second-order valence-electron chi connectivity index (χ2n) is 9.07. The fourth-order valence-corrected chi connectivity index (χ4v) is 4.40. The number of amides is 4. The minimum Gasteiger partial charge on any atom is -0.347 e. The molecule has 8 nitrogen and oxygen atoms in total. The molecule has 34 heavy (non-hydrogen) atoms. The van der Waals surface area contributed by atoms with Crippen molar-refractivity contribution < 1.29 is 19.1 Å². The van der Waals surface area contributed by atoms with Crippen molar-refractivity contribution in [1.82, 2.24) is 20.4 Å². The van der Waals surface area contributed by atoms with Crippen molar-refractivity contribution in [2.45, 2.75) is 72.6 Å². The zero-order valence-electron chi connectivity index (χ0n) is 21.6. The number of nitrogens with zero attached hydrogens (tertiary/aromatic N) is 2. The van der Waals surface area contributed by atoms with Crippen molar-refractivity contribution in [3.05, 3.63) is 35.4 Å². The van der Waals surface area contributed by atoms with Crippen molar-refractivity contribution in [2.24, 2.45) is 5.41 Å². The van der Waals surface area contributed by atoms with Gasteiger partial charge in [-0.25, -0.2) is 9.69 Å². The number of urea groups is 1. The van der Waals surface area contributed by atoms with Gasteiger partial charge in [0.1, 0.15) is 6.61 Å². The van der Waals surface area contributed by atoms with E-state index >= 15 is 0 Å². The number of imide groups is 1. The molecule has 0 saturated carbocycles. The monoisotopic (exact) mass is 474 g/mol. The SMILES string of the molecule is CCCC(NC(=O)N1C(=O)C(CC)(CC)C1OCC(=O)N(C)CCNCC)c1ccc(C)cc1. The van der Waals surface area contributed by atoms with Crippen LogP contribution in [0.5, 0.6) is 0 Å². The van der Waals surface area contributed by atoms with E-state index in [1.165, 1.54) is 0 Å². The lowest BCUT2D eigenvalue weighted by atomic mass is 9.72. The van der Waals surface area contributed by atoms with E-state index in [4.69, 9.17) is 4.74 Å². The Morgan fingerprint density at radius 3 is 2.35 bits per heavy atom. The Balaban J connectivity index is 2.12. The predicted molar refractivity (Wildman–Crippen MR) is 133 cm³/mol. The molecule has 0 bridgehead atoms. The van der Waals surface area contributed by atoms with E-state index in [1.54, 1.807) is 11.9 Å². The first-order chi connectivity index (χ1) is 16.2. The third-order valence-electron chi connectivity index (χ3n) is 6.85. The van der Waals surface area contributed by atoms with E-state index in [-0.39, 0.29) is 24.5 Å². The average molecular weight is 475 g/mol. The fraction of sp³-hybridized carbons (Fsp3) is 0.654. The molecule has 2 N–H and O–H groups in total. The highest BCUT2D eigenvalue weighted by molar-refractivity contribution is 6.03. The van der Waals surface area contributed by atoms with Crippen LogP contribution >= 0.6 is 0 Å². The Kier molecular flexibility index (Phi) is 10.5. The summed E-state index contributed by atoms with van der Waals surface area (Å²) < 4.78 is 5.96. The van der Waals surface area contributed by atoms with Crippen molar-refractivity contribution in [2.75, 3.05) is 33.3 Å². The van der Waals surface area contributed by atoms with Crippen LogP contribution in [-0.4, -0.2) is 67.2 Å². The van der Waals surface area contributed by atoms with Gasteiger partial charge in [0.05, 0.1) is 11.5 Å². The number of β-lactam (4-membered cyclic amide) rings is 1. The van der Waals surface area contributed by atoms with Gasteiger partial charge in [0.15, 0.2) is 6.23 Å². The number of carbonyl (C=O) groups is 3. The maximum absolute atomic E-state index is 13.3. The van der Waals surface area contributed by atoms with Crippen LogP contribution in [0.2, 0.25) is 0 Å². The van der Waals surface area contributed by atoms with Gasteiger partial charge in [-0.1, -0.05) is 63.9 Å². The van der Waals surface area contributed by atoms with Gasteiger partial charge in [0, 0.05) is 20.1 Å². The van der Waals surface area contributed by atoms with Crippen LogP contribution in [0.4, 0.5) is 4.79 Å². The molecule has 1 heterocycles. The van der Waals surface area contributed by atoms with Gasteiger partial charge in [-0.15, -0.1) is 0 Å². The Morgan fingerprint density at radius 1 is 1.15 bits per heavy atom. The third kappa shape index (κ3) is 6.16. The fourth-order valence-electron chi connectivity index (χ4n) is 4.40. The largest absolute Gasteiger partial charge is 0.347 e. The van der Waals surface area contributed by atoms with E-state index in [0.717, 1.165) is 35.4 Å². The highest BCUT2D eigenvalue weighted by atomic mass is 16.5. The topological polar surface area (TPSA) is 91.0 Å². The van der Waals surface area contributed by atoms with Gasteiger partial charge >= 0.3 is 6.03 Å². The van der Waals surface area contributed by atoms with Crippen molar-refractivity contribution in [3.63, 3.8) is 0 Å². The van der Waals surface area contributed by atoms with Crippen LogP contribution in [0.3, 0.4) is 0 Å². The normalized spacial score (nSPS) is 17.8. The first-order valence-electron chi connectivity index (χ1n) is 12.5. The molecule has 0 aromatic heterocycles. The third-order valence-corrected chi connectivity index (χ3v) is 6.85. The number of likely N-dealkylation sites (tertiary alicyclic amines) is 1. The Morgan fingerprint density at radius 2 is 1.79 bits per heavy atom. The lowest BCUT2D eigenvalue weighted by Crippen LogP contribution is -2.72. The Labute approximate surface area is 204 Å². The average Bonchev–Trinajstić information content (AvgIpc) is 2.82. The molecule has 4 amide bonds. The number of nitrogens with one attached hydrogen (secondary N) is 2. The summed E-state index contributed by atoms with van der Waals surface area (Å²) in [7, 11) is 1.73. The molecule has 0 aliphatic carbocycles. The summed E-state index contributed by atoms with van der Waals surface area (Å²) in [5.41, 5.74) is 1.36. The second kappa shape index (κ2) is 12.9. The molecular formula is C26H42N4O4. The molecule has 1 fully saturated rings. The quantitative estimate of drug-likeness (QED) is 0.337. The van der Waals surface area contributed by atoms with Gasteiger partial charge < -0.3 is 20.3 Å². The Bertz CT molecular complexity index is 823. The maximum atomic E-state index is 13.3. The summed E-state index contributed by atoms with van der Waals surface area (Å²) in [6, 6.07) is 7.37. The summed E-state index contributed by atoms with van der Waals surface area (Å²) in [6.07, 6.45) is 1.95. The number of ether oxygens (including phenoxy) is 1. The molecule has 0 radical (unpaired) electrons. The lowest BCUT2D eigenvalue weighted by molar-refractivity contribution is -0.211. The molecule has 1 aromatic rings. The van der Waals surface area contributed by atoms with E-state index in [0.29, 0.717) is 25.9 Å². The molecule has 190 valence electrons. The molecule has 1 aromatic carbocycles. The minimum absolute atomic E-state index is 0.178. The predicted octanol–water partition coefficient (Wildman–Crippen LogP) is 3.61. The van der Waals surface area contributed by atoms with Crippen molar-refractivity contribution in [3.8, 4) is 0 Å². The summed E-state index contributed by atoms with van der Waals surface area (Å²) in [5, 5.41) is 6.21. The van der Waals surface area contributed by atoms with Gasteiger partial charge in [0.25, 0.3) is 0 Å². The van der Waals surface area contributed by atoms with E-state index in [1.807, 2.05) is 52.0 Å². The summed E-state index contributed by atoms with van der Waals surface area (Å²) >= 11 is 0. The molecule has 1 aliphatic rings. The summed E-state index contributed by atoms with van der Waals surface area (Å²) in [4.78, 5) is 41.7. The molecule has 1 aliphatic heterocycles. The van der Waals surface area contributed by atoms with Crippen LogP contribution < -0.4 is 10.6 Å². The summed E-state index contributed by atoms with van der Waals surface area (Å²) in [6.45, 7) is 11.8. The molecule has 8 heteroatoms. The number of hydrogen-bond acceptors (Lipinski definition) is 5. The van der Waals surface area contributed by atoms with Gasteiger partial charge in [0.2, 0.25) is 11.8 Å². The molecule has 2 unspecified atom stereocenters. The van der Waals surface area contributed by atoms with Gasteiger partial charge in [-0.2, -0.15) is 0 Å². The number of likely N-dealkylation sites (N-methyl/N-ethyl adjacent to an activating group) is 2. The highest BCUT2D eigenvalue weighted by Gasteiger charge is 2.62. The molecule has 2 rings (SSSR count). The minimum atomic E-state index is -0.788. The Hall–Kier alpha value is -2.45. The molecule has 2 atom stereocenters. The van der Waals surface area contributed by atoms with Crippen molar-refractivity contribution in [1.29, 1.82) is 0 Å². The summed E-state index contributed by atoms with van der Waals surface area (Å²) in [5.74, 6) is -0.422. The zero-order chi connectivity index (χ0) is 25.3. The van der Waals surface area contributed by atoms with Crippen LogP contribution in [0.15, 0.2) is 24.3 Å². The maximum Gasteiger partial charge on any atom is 0.326 e. The highest BCUT2D eigenvalue weighted by Crippen LogP contribution is 2.46. The van der Waals surface area contributed by atoms with Crippen LogP contribution in [0.25, 0.3) is 0 Å². The van der Waals surface area contributed by atoms with Gasteiger partial charge in [-0.05, 0) is 38.3 Å². The zero-order valence-corrected chi connectivity index (χ0v) is 21.6. The first-order valence-corrected chi connectivity index (χ1v) is 12.5. The molecule has 0 spiro atoms. The number of carbonyl (C=O) groups excluding carboxylic acids is 3. The smallest absolute Gasteiger partial charge is 0.326 e. The van der Waals surface area contributed by atoms with Crippen LogP contribution in [-0.2, 0) is 14.3 Å². The van der Waals surface area contributed by atoms with E-state index in [2.05, 4.69) is 17.6 Å². The number of benzene rings is 1. The van der Waals surface area contributed by atoms with Crippen LogP contribution in [0.1, 0.15) is 70.5 Å².